The molecule has 1 N–H and O–H groups in total. The standard InChI is InChI=1S/C12H22O/c1-12(2)8-7-11(13)9-5-3-4-6-10(9)12/h9-11,13H,3-8H2,1-2H3/t9?,10?,11-/m0/s1. The van der Waals surface area contributed by atoms with Crippen molar-refractivity contribution in [3.63, 3.8) is 0 Å². The van der Waals surface area contributed by atoms with Crippen LogP contribution in [0.5, 0.6) is 0 Å². The van der Waals surface area contributed by atoms with Crippen LogP contribution in [0.15, 0.2) is 0 Å². The molecule has 2 aliphatic carbocycles. The van der Waals surface area contributed by atoms with Gasteiger partial charge < -0.3 is 5.11 Å². The van der Waals surface area contributed by atoms with Crippen molar-refractivity contribution in [1.82, 2.24) is 0 Å². The second kappa shape index (κ2) is 3.27. The van der Waals surface area contributed by atoms with Crippen LogP contribution in [0.1, 0.15) is 52.4 Å². The molecule has 76 valence electrons. The zero-order chi connectivity index (χ0) is 9.47. The lowest BCUT2D eigenvalue weighted by Crippen LogP contribution is -2.44. The quantitative estimate of drug-likeness (QED) is 0.610. The molecule has 2 saturated carbocycles. The van der Waals surface area contributed by atoms with Crippen LogP contribution in [0.3, 0.4) is 0 Å². The molecular weight excluding hydrogens is 160 g/mol. The maximum atomic E-state index is 9.94. The predicted octanol–water partition coefficient (Wildman–Crippen LogP) is 2.97. The van der Waals surface area contributed by atoms with Crippen molar-refractivity contribution in [3.8, 4) is 0 Å². The van der Waals surface area contributed by atoms with Crippen molar-refractivity contribution in [3.05, 3.63) is 0 Å². The van der Waals surface area contributed by atoms with E-state index in [0.717, 1.165) is 12.3 Å². The largest absolute Gasteiger partial charge is 0.393 e. The van der Waals surface area contributed by atoms with Gasteiger partial charge in [-0.3, -0.25) is 0 Å². The second-order valence-corrected chi connectivity index (χ2v) is 5.65. The van der Waals surface area contributed by atoms with Gasteiger partial charge in [-0.05, 0) is 42.9 Å². The Bertz CT molecular complexity index is 186. The molecule has 1 heteroatoms. The lowest BCUT2D eigenvalue weighted by atomic mass is 9.58. The Hall–Kier alpha value is -0.0400. The molecule has 0 aromatic heterocycles. The molecule has 0 aromatic carbocycles. The van der Waals surface area contributed by atoms with E-state index in [-0.39, 0.29) is 6.10 Å². The highest BCUT2D eigenvalue weighted by atomic mass is 16.3. The van der Waals surface area contributed by atoms with Crippen LogP contribution in [-0.2, 0) is 0 Å². The summed E-state index contributed by atoms with van der Waals surface area (Å²) in [5.41, 5.74) is 0.490. The van der Waals surface area contributed by atoms with Crippen LogP contribution in [0, 0.1) is 17.3 Å². The van der Waals surface area contributed by atoms with Crippen molar-refractivity contribution in [2.75, 3.05) is 0 Å². The molecule has 3 atom stereocenters. The lowest BCUT2D eigenvalue weighted by molar-refractivity contribution is -0.0539. The van der Waals surface area contributed by atoms with E-state index in [1.807, 2.05) is 0 Å². The minimum Gasteiger partial charge on any atom is -0.393 e. The summed E-state index contributed by atoms with van der Waals surface area (Å²) >= 11 is 0. The van der Waals surface area contributed by atoms with Crippen LogP contribution in [0.4, 0.5) is 0 Å². The predicted molar refractivity (Wildman–Crippen MR) is 54.5 cm³/mol. The van der Waals surface area contributed by atoms with E-state index >= 15 is 0 Å². The molecule has 2 fully saturated rings. The average Bonchev–Trinajstić information content (AvgIpc) is 2.13. The zero-order valence-corrected chi connectivity index (χ0v) is 8.92. The first kappa shape index (κ1) is 9.51. The molecule has 13 heavy (non-hydrogen) atoms. The highest BCUT2D eigenvalue weighted by Crippen LogP contribution is 2.50. The molecule has 2 aliphatic rings. The SMILES string of the molecule is CC1(C)CC[C@H](O)C2CCCCC21. The Kier molecular flexibility index (Phi) is 2.39. The highest BCUT2D eigenvalue weighted by molar-refractivity contribution is 4.94. The summed E-state index contributed by atoms with van der Waals surface area (Å²) in [7, 11) is 0. The molecule has 0 spiro atoms. The fraction of sp³-hybridized carbons (Fsp3) is 1.00. The van der Waals surface area contributed by atoms with E-state index in [1.165, 1.54) is 32.1 Å². The zero-order valence-electron chi connectivity index (χ0n) is 8.92. The average molecular weight is 182 g/mol. The van der Waals surface area contributed by atoms with Crippen molar-refractivity contribution in [2.45, 2.75) is 58.5 Å². The lowest BCUT2D eigenvalue weighted by Gasteiger charge is -2.49. The number of fused-ring (bicyclic) bond motifs is 1. The molecule has 0 heterocycles. The first-order valence-electron chi connectivity index (χ1n) is 5.79. The number of hydrogen-bond acceptors (Lipinski definition) is 1. The third-order valence-corrected chi connectivity index (χ3v) is 4.40. The maximum absolute atomic E-state index is 9.94. The van der Waals surface area contributed by atoms with Crippen LogP contribution in [0.25, 0.3) is 0 Å². The van der Waals surface area contributed by atoms with E-state index in [2.05, 4.69) is 13.8 Å². The third kappa shape index (κ3) is 1.63. The summed E-state index contributed by atoms with van der Waals surface area (Å²) in [5.74, 6) is 1.42. The minimum atomic E-state index is 0.0123. The monoisotopic (exact) mass is 182 g/mol. The fourth-order valence-corrected chi connectivity index (χ4v) is 3.51. The Morgan fingerprint density at radius 2 is 1.77 bits per heavy atom. The van der Waals surface area contributed by atoms with Gasteiger partial charge in [0, 0.05) is 0 Å². The second-order valence-electron chi connectivity index (χ2n) is 5.65. The van der Waals surface area contributed by atoms with E-state index in [1.54, 1.807) is 0 Å². The van der Waals surface area contributed by atoms with E-state index < -0.39 is 0 Å². The van der Waals surface area contributed by atoms with Gasteiger partial charge in [0.25, 0.3) is 0 Å². The third-order valence-electron chi connectivity index (χ3n) is 4.40. The molecule has 1 nitrogen and oxygen atoms in total. The van der Waals surface area contributed by atoms with Crippen LogP contribution >= 0.6 is 0 Å². The summed E-state index contributed by atoms with van der Waals surface area (Å²) in [5, 5.41) is 9.94. The summed E-state index contributed by atoms with van der Waals surface area (Å²) in [6, 6.07) is 0. The Morgan fingerprint density at radius 3 is 2.46 bits per heavy atom. The van der Waals surface area contributed by atoms with Gasteiger partial charge in [-0.15, -0.1) is 0 Å². The van der Waals surface area contributed by atoms with Gasteiger partial charge in [0.1, 0.15) is 0 Å². The van der Waals surface area contributed by atoms with Gasteiger partial charge in [0.05, 0.1) is 6.10 Å². The van der Waals surface area contributed by atoms with Crippen molar-refractivity contribution < 1.29 is 5.11 Å². The number of aliphatic hydroxyl groups excluding tert-OH is 1. The molecule has 0 radical (unpaired) electrons. The normalized spacial score (nSPS) is 44.1. The van der Waals surface area contributed by atoms with Gasteiger partial charge in [-0.2, -0.15) is 0 Å². The highest BCUT2D eigenvalue weighted by Gasteiger charge is 2.43. The van der Waals surface area contributed by atoms with Gasteiger partial charge in [-0.25, -0.2) is 0 Å². The van der Waals surface area contributed by atoms with Gasteiger partial charge in [-0.1, -0.05) is 26.7 Å². The molecule has 2 unspecified atom stereocenters. The van der Waals surface area contributed by atoms with Gasteiger partial charge in [0.15, 0.2) is 0 Å². The van der Waals surface area contributed by atoms with Crippen LogP contribution < -0.4 is 0 Å². The summed E-state index contributed by atoms with van der Waals surface area (Å²) in [6.45, 7) is 4.78. The first-order chi connectivity index (χ1) is 6.11. The van der Waals surface area contributed by atoms with E-state index in [4.69, 9.17) is 0 Å². The van der Waals surface area contributed by atoms with Crippen molar-refractivity contribution >= 4 is 0 Å². The molecule has 0 bridgehead atoms. The summed E-state index contributed by atoms with van der Waals surface area (Å²) < 4.78 is 0. The smallest absolute Gasteiger partial charge is 0.0571 e. The van der Waals surface area contributed by atoms with Crippen LogP contribution in [-0.4, -0.2) is 11.2 Å². The fourth-order valence-electron chi connectivity index (χ4n) is 3.51. The summed E-state index contributed by atoms with van der Waals surface area (Å²) in [4.78, 5) is 0. The van der Waals surface area contributed by atoms with Crippen molar-refractivity contribution in [1.29, 1.82) is 0 Å². The minimum absolute atomic E-state index is 0.0123. The molecule has 0 aliphatic heterocycles. The first-order valence-corrected chi connectivity index (χ1v) is 5.79. The molecule has 2 rings (SSSR count). The Morgan fingerprint density at radius 1 is 1.08 bits per heavy atom. The van der Waals surface area contributed by atoms with E-state index in [0.29, 0.717) is 11.3 Å². The number of aliphatic hydroxyl groups is 1. The van der Waals surface area contributed by atoms with E-state index in [9.17, 15) is 5.11 Å². The molecule has 0 aromatic rings. The molecule has 0 saturated heterocycles. The maximum Gasteiger partial charge on any atom is 0.0571 e. The molecular formula is C12H22O. The van der Waals surface area contributed by atoms with Crippen LogP contribution in [0.2, 0.25) is 0 Å². The topological polar surface area (TPSA) is 20.2 Å². The number of rotatable bonds is 0. The van der Waals surface area contributed by atoms with Gasteiger partial charge >= 0.3 is 0 Å². The van der Waals surface area contributed by atoms with Crippen molar-refractivity contribution in [2.24, 2.45) is 17.3 Å². The number of hydrogen-bond donors (Lipinski definition) is 1. The summed E-state index contributed by atoms with van der Waals surface area (Å²) in [6.07, 6.45) is 7.62. The Balaban J connectivity index is 2.14. The van der Waals surface area contributed by atoms with Gasteiger partial charge in [0.2, 0.25) is 0 Å². The molecule has 0 amide bonds. The Labute approximate surface area is 81.5 Å².